The lowest BCUT2D eigenvalue weighted by molar-refractivity contribution is 0.230. The minimum Gasteiger partial charge on any atom is -0.455 e. The van der Waals surface area contributed by atoms with E-state index in [2.05, 4.69) is 0 Å². The first-order chi connectivity index (χ1) is 11.2. The standard InChI is InChI=1S/C18H19O4P/c1-3-20-23(19,21-4-2)18-15-12-8-9-13-16(15)22-17(18)14-10-6-5-7-11-14/h5-13H,3-4H2,1-2H3. The Morgan fingerprint density at radius 1 is 0.913 bits per heavy atom. The van der Waals surface area contributed by atoms with Crippen LogP contribution in [0.5, 0.6) is 0 Å². The molecule has 3 aromatic rings. The minimum absolute atomic E-state index is 0.297. The van der Waals surface area contributed by atoms with E-state index in [0.29, 0.717) is 29.9 Å². The zero-order valence-electron chi connectivity index (χ0n) is 13.2. The van der Waals surface area contributed by atoms with Gasteiger partial charge in [-0.05, 0) is 19.9 Å². The highest BCUT2D eigenvalue weighted by molar-refractivity contribution is 7.63. The fourth-order valence-corrected chi connectivity index (χ4v) is 4.51. The highest BCUT2D eigenvalue weighted by Crippen LogP contribution is 2.51. The second-order valence-corrected chi connectivity index (χ2v) is 6.93. The molecule has 0 aliphatic rings. The van der Waals surface area contributed by atoms with Gasteiger partial charge in [-0.3, -0.25) is 4.57 Å². The number of benzene rings is 2. The maximum Gasteiger partial charge on any atom is 0.365 e. The monoisotopic (exact) mass is 330 g/mol. The fraction of sp³-hybridized carbons (Fsp3) is 0.222. The van der Waals surface area contributed by atoms with E-state index in [-0.39, 0.29) is 0 Å². The number of rotatable bonds is 6. The quantitative estimate of drug-likeness (QED) is 0.597. The fourth-order valence-electron chi connectivity index (χ4n) is 2.60. The van der Waals surface area contributed by atoms with Crippen molar-refractivity contribution in [3.05, 3.63) is 54.6 Å². The first-order valence-electron chi connectivity index (χ1n) is 7.66. The molecule has 0 aliphatic heterocycles. The Kier molecular flexibility index (Phi) is 4.67. The molecule has 0 saturated carbocycles. The van der Waals surface area contributed by atoms with Crippen molar-refractivity contribution < 1.29 is 18.0 Å². The molecule has 120 valence electrons. The Hall–Kier alpha value is -1.87. The van der Waals surface area contributed by atoms with Gasteiger partial charge in [-0.2, -0.15) is 0 Å². The van der Waals surface area contributed by atoms with Gasteiger partial charge in [0.05, 0.1) is 13.2 Å². The third kappa shape index (κ3) is 2.98. The smallest absolute Gasteiger partial charge is 0.365 e. The summed E-state index contributed by atoms with van der Waals surface area (Å²) in [6.07, 6.45) is 0. The number of hydrogen-bond acceptors (Lipinski definition) is 4. The number of fused-ring (bicyclic) bond motifs is 1. The highest BCUT2D eigenvalue weighted by atomic mass is 31.2. The van der Waals surface area contributed by atoms with Crippen LogP contribution in [0.3, 0.4) is 0 Å². The Labute approximate surface area is 135 Å². The molecule has 0 bridgehead atoms. The van der Waals surface area contributed by atoms with Gasteiger partial charge in [0.1, 0.15) is 10.9 Å². The van der Waals surface area contributed by atoms with Crippen LogP contribution < -0.4 is 5.30 Å². The van der Waals surface area contributed by atoms with Gasteiger partial charge in [-0.15, -0.1) is 0 Å². The Bertz CT molecular complexity index is 829. The van der Waals surface area contributed by atoms with Gasteiger partial charge in [0.15, 0.2) is 5.76 Å². The van der Waals surface area contributed by atoms with Gasteiger partial charge in [-0.1, -0.05) is 48.5 Å². The summed E-state index contributed by atoms with van der Waals surface area (Å²) in [5.74, 6) is 0.539. The lowest BCUT2D eigenvalue weighted by Gasteiger charge is -2.17. The maximum absolute atomic E-state index is 13.4. The van der Waals surface area contributed by atoms with Crippen molar-refractivity contribution in [3.8, 4) is 11.3 Å². The molecule has 1 aromatic heterocycles. The van der Waals surface area contributed by atoms with Crippen LogP contribution in [0.25, 0.3) is 22.3 Å². The van der Waals surface area contributed by atoms with Crippen LogP contribution >= 0.6 is 7.60 Å². The molecule has 0 fully saturated rings. The summed E-state index contributed by atoms with van der Waals surface area (Å²) in [6, 6.07) is 17.1. The normalized spacial score (nSPS) is 11.9. The summed E-state index contributed by atoms with van der Waals surface area (Å²) in [4.78, 5) is 0. The van der Waals surface area contributed by atoms with Crippen molar-refractivity contribution in [1.29, 1.82) is 0 Å². The third-order valence-corrected chi connectivity index (χ3v) is 5.67. The molecular formula is C18H19O4P. The zero-order chi connectivity index (χ0) is 16.3. The molecule has 0 amide bonds. The average Bonchev–Trinajstić information content (AvgIpc) is 2.96. The summed E-state index contributed by atoms with van der Waals surface area (Å²) in [5.41, 5.74) is 1.51. The molecule has 0 radical (unpaired) electrons. The molecule has 3 rings (SSSR count). The molecule has 0 N–H and O–H groups in total. The van der Waals surface area contributed by atoms with E-state index in [1.165, 1.54) is 0 Å². The van der Waals surface area contributed by atoms with Gasteiger partial charge >= 0.3 is 7.60 Å². The van der Waals surface area contributed by atoms with Gasteiger partial charge in [-0.25, -0.2) is 0 Å². The lowest BCUT2D eigenvalue weighted by Crippen LogP contribution is -2.12. The van der Waals surface area contributed by atoms with Crippen LogP contribution in [0.4, 0.5) is 0 Å². The van der Waals surface area contributed by atoms with Gasteiger partial charge in [0, 0.05) is 10.9 Å². The van der Waals surface area contributed by atoms with Crippen molar-refractivity contribution in [2.24, 2.45) is 0 Å². The lowest BCUT2D eigenvalue weighted by atomic mass is 10.1. The van der Waals surface area contributed by atoms with Gasteiger partial charge in [0.25, 0.3) is 0 Å². The van der Waals surface area contributed by atoms with Crippen molar-refractivity contribution >= 4 is 23.9 Å². The molecule has 2 aromatic carbocycles. The van der Waals surface area contributed by atoms with Crippen molar-refractivity contribution in [2.75, 3.05) is 13.2 Å². The first-order valence-corrected chi connectivity index (χ1v) is 9.20. The Balaban J connectivity index is 2.31. The largest absolute Gasteiger partial charge is 0.455 e. The number of furan rings is 1. The molecular weight excluding hydrogens is 311 g/mol. The zero-order valence-corrected chi connectivity index (χ0v) is 14.1. The average molecular weight is 330 g/mol. The summed E-state index contributed by atoms with van der Waals surface area (Å²) in [7, 11) is -3.47. The summed E-state index contributed by atoms with van der Waals surface area (Å²) in [5, 5.41) is 1.26. The molecule has 4 nitrogen and oxygen atoms in total. The minimum atomic E-state index is -3.47. The van der Waals surface area contributed by atoms with Crippen LogP contribution in [-0.4, -0.2) is 13.2 Å². The third-order valence-electron chi connectivity index (χ3n) is 3.48. The van der Waals surface area contributed by atoms with Crippen LogP contribution in [0.1, 0.15) is 13.8 Å². The van der Waals surface area contributed by atoms with Crippen LogP contribution in [-0.2, 0) is 13.6 Å². The van der Waals surface area contributed by atoms with E-state index in [1.54, 1.807) is 13.8 Å². The summed E-state index contributed by atoms with van der Waals surface area (Å²) in [6.45, 7) is 4.20. The molecule has 23 heavy (non-hydrogen) atoms. The predicted molar refractivity (Wildman–Crippen MR) is 92.1 cm³/mol. The van der Waals surface area contributed by atoms with Gasteiger partial charge in [0.2, 0.25) is 0 Å². The van der Waals surface area contributed by atoms with Crippen LogP contribution in [0.2, 0.25) is 0 Å². The Morgan fingerprint density at radius 2 is 1.52 bits per heavy atom. The summed E-state index contributed by atoms with van der Waals surface area (Å²) >= 11 is 0. The van der Waals surface area contributed by atoms with E-state index in [4.69, 9.17) is 13.5 Å². The van der Waals surface area contributed by atoms with Gasteiger partial charge < -0.3 is 13.5 Å². The van der Waals surface area contributed by atoms with E-state index < -0.39 is 7.60 Å². The molecule has 0 unspecified atom stereocenters. The van der Waals surface area contributed by atoms with E-state index in [0.717, 1.165) is 10.9 Å². The predicted octanol–water partition coefficient (Wildman–Crippen LogP) is 4.99. The second kappa shape index (κ2) is 6.71. The molecule has 5 heteroatoms. The number of hydrogen-bond donors (Lipinski definition) is 0. The van der Waals surface area contributed by atoms with Crippen LogP contribution in [0, 0.1) is 0 Å². The van der Waals surface area contributed by atoms with Crippen molar-refractivity contribution in [2.45, 2.75) is 13.8 Å². The maximum atomic E-state index is 13.4. The van der Waals surface area contributed by atoms with E-state index in [9.17, 15) is 4.57 Å². The molecule has 0 saturated heterocycles. The van der Waals surface area contributed by atoms with Crippen molar-refractivity contribution in [1.82, 2.24) is 0 Å². The molecule has 0 atom stereocenters. The highest BCUT2D eigenvalue weighted by Gasteiger charge is 2.35. The van der Waals surface area contributed by atoms with E-state index in [1.807, 2.05) is 54.6 Å². The SMILES string of the molecule is CCOP(=O)(OCC)c1c(-c2ccccc2)oc2ccccc12. The molecule has 0 aliphatic carbocycles. The molecule has 0 spiro atoms. The topological polar surface area (TPSA) is 48.7 Å². The number of para-hydroxylation sites is 1. The van der Waals surface area contributed by atoms with Crippen LogP contribution in [0.15, 0.2) is 59.0 Å². The first kappa shape index (κ1) is 16.0. The van der Waals surface area contributed by atoms with E-state index >= 15 is 0 Å². The second-order valence-electron chi connectivity index (χ2n) is 4.97. The van der Waals surface area contributed by atoms with Crippen molar-refractivity contribution in [3.63, 3.8) is 0 Å². The summed E-state index contributed by atoms with van der Waals surface area (Å²) < 4.78 is 30.5. The molecule has 1 heterocycles. The Morgan fingerprint density at radius 3 is 2.17 bits per heavy atom.